The van der Waals surface area contributed by atoms with E-state index in [1.807, 2.05) is 30.3 Å². The Morgan fingerprint density at radius 2 is 1.70 bits per heavy atom. The molecule has 2 aliphatic rings. The number of rotatable bonds is 3. The van der Waals surface area contributed by atoms with Gasteiger partial charge in [0.15, 0.2) is 0 Å². The number of anilines is 2. The summed E-state index contributed by atoms with van der Waals surface area (Å²) >= 11 is 6.98. The highest BCUT2D eigenvalue weighted by atomic mass is 79.9. The van der Waals surface area contributed by atoms with Gasteiger partial charge in [0.05, 0.1) is 5.69 Å². The monoisotopic (exact) mass is 489 g/mol. The number of hydrogen-bond acceptors (Lipinski definition) is 3. The molecular formula is C20H17Br2N3O2. The molecule has 0 spiro atoms. The molecule has 2 aromatic rings. The van der Waals surface area contributed by atoms with Crippen LogP contribution in [0.3, 0.4) is 0 Å². The van der Waals surface area contributed by atoms with Gasteiger partial charge in [-0.15, -0.1) is 0 Å². The van der Waals surface area contributed by atoms with Gasteiger partial charge in [-0.25, -0.2) is 0 Å². The summed E-state index contributed by atoms with van der Waals surface area (Å²) in [6.07, 6.45) is 2.82. The van der Waals surface area contributed by atoms with Crippen molar-refractivity contribution in [1.29, 1.82) is 0 Å². The first kappa shape index (κ1) is 18.3. The van der Waals surface area contributed by atoms with Gasteiger partial charge in [-0.3, -0.25) is 9.59 Å². The Bertz CT molecular complexity index is 933. The molecule has 0 atom stereocenters. The van der Waals surface area contributed by atoms with Gasteiger partial charge in [0, 0.05) is 51.9 Å². The summed E-state index contributed by atoms with van der Waals surface area (Å²) in [5, 5.41) is 2.92. The lowest BCUT2D eigenvalue weighted by Crippen LogP contribution is -2.45. The molecule has 1 fully saturated rings. The lowest BCUT2D eigenvalue weighted by atomic mass is 10.0. The van der Waals surface area contributed by atoms with Crippen molar-refractivity contribution in [2.24, 2.45) is 0 Å². The van der Waals surface area contributed by atoms with Gasteiger partial charge in [-0.2, -0.15) is 0 Å². The molecule has 27 heavy (non-hydrogen) atoms. The first-order chi connectivity index (χ1) is 13.0. The third-order valence-corrected chi connectivity index (χ3v) is 5.94. The fourth-order valence-electron chi connectivity index (χ4n) is 3.39. The molecule has 0 aliphatic carbocycles. The van der Waals surface area contributed by atoms with Crippen LogP contribution in [0.2, 0.25) is 0 Å². The van der Waals surface area contributed by atoms with E-state index in [1.165, 1.54) is 0 Å². The van der Waals surface area contributed by atoms with E-state index in [2.05, 4.69) is 54.2 Å². The molecule has 2 aromatic carbocycles. The van der Waals surface area contributed by atoms with Crippen LogP contribution in [-0.2, 0) is 9.59 Å². The molecule has 0 radical (unpaired) electrons. The SMILES string of the molecule is O=CN1CCN(c2ccc(C=C3C(=O)Nc4c(Br)cc(Br)cc43)cc2)CC1. The fraction of sp³-hybridized carbons (Fsp3) is 0.200. The van der Waals surface area contributed by atoms with Gasteiger partial charge in [0.25, 0.3) is 5.91 Å². The van der Waals surface area contributed by atoms with Crippen LogP contribution < -0.4 is 10.2 Å². The first-order valence-electron chi connectivity index (χ1n) is 8.62. The molecule has 0 saturated carbocycles. The summed E-state index contributed by atoms with van der Waals surface area (Å²) < 4.78 is 1.77. The van der Waals surface area contributed by atoms with Crippen molar-refractivity contribution in [3.8, 4) is 0 Å². The lowest BCUT2D eigenvalue weighted by Gasteiger charge is -2.34. The van der Waals surface area contributed by atoms with Crippen molar-refractivity contribution in [2.75, 3.05) is 36.4 Å². The molecule has 1 N–H and O–H groups in total. The number of piperazine rings is 1. The molecule has 0 unspecified atom stereocenters. The van der Waals surface area contributed by atoms with Gasteiger partial charge in [-0.1, -0.05) is 28.1 Å². The Hall–Kier alpha value is -2.12. The number of benzene rings is 2. The molecule has 4 rings (SSSR count). The van der Waals surface area contributed by atoms with Crippen LogP contribution in [0, 0.1) is 0 Å². The summed E-state index contributed by atoms with van der Waals surface area (Å²) in [6.45, 7) is 3.15. The number of amides is 2. The minimum atomic E-state index is -0.0992. The number of nitrogens with one attached hydrogen (secondary N) is 1. The van der Waals surface area contributed by atoms with Crippen LogP contribution in [0.25, 0.3) is 11.6 Å². The number of hydrogen-bond donors (Lipinski definition) is 1. The molecule has 1 saturated heterocycles. The van der Waals surface area contributed by atoms with Gasteiger partial charge >= 0.3 is 0 Å². The highest BCUT2D eigenvalue weighted by Gasteiger charge is 2.26. The Kier molecular flexibility index (Phi) is 5.06. The predicted molar refractivity (Wildman–Crippen MR) is 115 cm³/mol. The number of carbonyl (C=O) groups is 2. The molecule has 0 aromatic heterocycles. The normalized spacial score (nSPS) is 17.9. The largest absolute Gasteiger partial charge is 0.368 e. The van der Waals surface area contributed by atoms with Crippen LogP contribution in [0.4, 0.5) is 11.4 Å². The highest BCUT2D eigenvalue weighted by molar-refractivity contribution is 9.11. The topological polar surface area (TPSA) is 52.7 Å². The van der Waals surface area contributed by atoms with Gasteiger partial charge in [0.2, 0.25) is 6.41 Å². The van der Waals surface area contributed by atoms with Crippen LogP contribution in [0.1, 0.15) is 11.1 Å². The van der Waals surface area contributed by atoms with Gasteiger partial charge < -0.3 is 15.1 Å². The Labute approximate surface area is 174 Å². The van der Waals surface area contributed by atoms with Gasteiger partial charge in [0.1, 0.15) is 0 Å². The maximum absolute atomic E-state index is 12.4. The van der Waals surface area contributed by atoms with Crippen LogP contribution in [0.15, 0.2) is 45.3 Å². The average Bonchev–Trinajstić information content (AvgIpc) is 2.99. The third-order valence-electron chi connectivity index (χ3n) is 4.86. The molecule has 138 valence electrons. The standard InChI is InChI=1S/C20H17Br2N3O2/c21-14-10-16-17(20(27)23-19(16)18(22)11-14)9-13-1-3-15(4-2-13)25-7-5-24(12-26)6-8-25/h1-4,9-12H,5-8H2,(H,23,27). The quantitative estimate of drug-likeness (QED) is 0.523. The zero-order chi connectivity index (χ0) is 19.0. The number of nitrogens with zero attached hydrogens (tertiary/aromatic N) is 2. The smallest absolute Gasteiger partial charge is 0.256 e. The first-order valence-corrected chi connectivity index (χ1v) is 10.2. The van der Waals surface area contributed by atoms with E-state index in [0.29, 0.717) is 5.57 Å². The molecule has 2 aliphatic heterocycles. The maximum Gasteiger partial charge on any atom is 0.256 e. The van der Waals surface area contributed by atoms with E-state index >= 15 is 0 Å². The van der Waals surface area contributed by atoms with Crippen molar-refractivity contribution in [3.63, 3.8) is 0 Å². The molecule has 2 amide bonds. The summed E-state index contributed by atoms with van der Waals surface area (Å²) in [7, 11) is 0. The Morgan fingerprint density at radius 3 is 2.37 bits per heavy atom. The maximum atomic E-state index is 12.4. The van der Waals surface area contributed by atoms with E-state index in [-0.39, 0.29) is 5.91 Å². The Balaban J connectivity index is 1.57. The summed E-state index contributed by atoms with van der Waals surface area (Å²) in [6, 6.07) is 12.0. The average molecular weight is 491 g/mol. The van der Waals surface area contributed by atoms with E-state index in [9.17, 15) is 9.59 Å². The second-order valence-electron chi connectivity index (χ2n) is 6.54. The van der Waals surface area contributed by atoms with Crippen LogP contribution in [-0.4, -0.2) is 43.4 Å². The molecule has 0 bridgehead atoms. The van der Waals surface area contributed by atoms with Crippen LogP contribution >= 0.6 is 31.9 Å². The van der Waals surface area contributed by atoms with E-state index in [4.69, 9.17) is 0 Å². The van der Waals surface area contributed by atoms with Crippen molar-refractivity contribution in [2.45, 2.75) is 0 Å². The minimum Gasteiger partial charge on any atom is -0.368 e. The van der Waals surface area contributed by atoms with Crippen molar-refractivity contribution in [3.05, 3.63) is 56.5 Å². The number of halogens is 2. The Morgan fingerprint density at radius 1 is 1.00 bits per heavy atom. The van der Waals surface area contributed by atoms with Crippen molar-refractivity contribution >= 4 is 67.2 Å². The second-order valence-corrected chi connectivity index (χ2v) is 8.31. The van der Waals surface area contributed by atoms with Gasteiger partial charge in [-0.05, 0) is 51.8 Å². The molecule has 2 heterocycles. The summed E-state index contributed by atoms with van der Waals surface area (Å²) in [4.78, 5) is 27.3. The molecule has 5 nitrogen and oxygen atoms in total. The molecular weight excluding hydrogens is 474 g/mol. The minimum absolute atomic E-state index is 0.0992. The summed E-state index contributed by atoms with van der Waals surface area (Å²) in [5.41, 5.74) is 4.44. The van der Waals surface area contributed by atoms with E-state index < -0.39 is 0 Å². The number of fused-ring (bicyclic) bond motifs is 1. The zero-order valence-corrected chi connectivity index (χ0v) is 17.6. The van der Waals surface area contributed by atoms with E-state index in [0.717, 1.165) is 64.0 Å². The lowest BCUT2D eigenvalue weighted by molar-refractivity contribution is -0.118. The highest BCUT2D eigenvalue weighted by Crippen LogP contribution is 2.40. The van der Waals surface area contributed by atoms with Crippen molar-refractivity contribution in [1.82, 2.24) is 4.90 Å². The predicted octanol–water partition coefficient (Wildman–Crippen LogP) is 3.98. The summed E-state index contributed by atoms with van der Waals surface area (Å²) in [5.74, 6) is -0.0992. The van der Waals surface area contributed by atoms with E-state index in [1.54, 1.807) is 4.90 Å². The number of carbonyl (C=O) groups excluding carboxylic acids is 2. The molecule has 7 heteroatoms. The van der Waals surface area contributed by atoms with Crippen molar-refractivity contribution < 1.29 is 9.59 Å². The zero-order valence-electron chi connectivity index (χ0n) is 14.4. The fourth-order valence-corrected chi connectivity index (χ4v) is 4.72. The van der Waals surface area contributed by atoms with Crippen LogP contribution in [0.5, 0.6) is 0 Å². The second kappa shape index (κ2) is 7.48. The third kappa shape index (κ3) is 3.66.